The normalized spacial score (nSPS) is 12.1. The van der Waals surface area contributed by atoms with Gasteiger partial charge in [-0.05, 0) is 123 Å². The summed E-state index contributed by atoms with van der Waals surface area (Å²) in [7, 11) is 0. The Morgan fingerprint density at radius 1 is 0.247 bits per heavy atom. The van der Waals surface area contributed by atoms with Crippen LogP contribution in [-0.2, 0) is 0 Å². The molecule has 5 heteroatoms. The average molecular weight is 928 g/mol. The smallest absolute Gasteiger partial charge is 0.0979 e. The van der Waals surface area contributed by atoms with Crippen LogP contribution in [0.3, 0.4) is 0 Å². The zero-order chi connectivity index (χ0) is 47.7. The van der Waals surface area contributed by atoms with Crippen molar-refractivity contribution in [2.45, 2.75) is 0 Å². The predicted molar refractivity (Wildman–Crippen MR) is 306 cm³/mol. The first-order valence-electron chi connectivity index (χ1n) is 25.0. The number of rotatable bonds is 5. The largest absolute Gasteiger partial charge is 0.309 e. The SMILES string of the molecule is c1ccc(-n2c3ccccc3c3cc(-c4nc5ccccc5nc4-c4cccc5cc(-n6c7cc(-n8c9ccccc9c9c%10ccccc%10ccc98)ccc7c7cc8ccccc8cc76)ccc45)ccc32)cc1. The van der Waals surface area contributed by atoms with Crippen LogP contribution in [0.5, 0.6) is 0 Å². The molecule has 0 amide bonds. The Labute approximate surface area is 418 Å². The summed E-state index contributed by atoms with van der Waals surface area (Å²) in [6, 6.07) is 90.4. The number of nitrogens with zero attached hydrogens (tertiary/aromatic N) is 5. The van der Waals surface area contributed by atoms with Crippen molar-refractivity contribution in [3.8, 4) is 39.6 Å². The van der Waals surface area contributed by atoms with Crippen LogP contribution in [0.1, 0.15) is 0 Å². The zero-order valence-electron chi connectivity index (χ0n) is 39.4. The summed E-state index contributed by atoms with van der Waals surface area (Å²) in [6.07, 6.45) is 0. The molecule has 5 nitrogen and oxygen atoms in total. The Morgan fingerprint density at radius 3 is 1.62 bits per heavy atom. The Balaban J connectivity index is 0.907. The Kier molecular flexibility index (Phi) is 8.39. The molecule has 0 bridgehead atoms. The Hall–Kier alpha value is -9.84. The van der Waals surface area contributed by atoms with Crippen molar-refractivity contribution in [3.05, 3.63) is 249 Å². The van der Waals surface area contributed by atoms with Gasteiger partial charge in [0, 0.05) is 60.5 Å². The lowest BCUT2D eigenvalue weighted by Crippen LogP contribution is -1.98. The van der Waals surface area contributed by atoms with Crippen molar-refractivity contribution in [3.63, 3.8) is 0 Å². The van der Waals surface area contributed by atoms with Gasteiger partial charge in [0.05, 0.1) is 55.5 Å². The molecule has 0 spiro atoms. The third-order valence-corrected chi connectivity index (χ3v) is 15.3. The van der Waals surface area contributed by atoms with Gasteiger partial charge < -0.3 is 13.7 Å². The highest BCUT2D eigenvalue weighted by Gasteiger charge is 2.22. The van der Waals surface area contributed by atoms with Gasteiger partial charge in [-0.25, -0.2) is 9.97 Å². The summed E-state index contributed by atoms with van der Waals surface area (Å²) in [5.74, 6) is 0. The second-order valence-corrected chi connectivity index (χ2v) is 19.3. The molecule has 4 aromatic heterocycles. The van der Waals surface area contributed by atoms with Crippen molar-refractivity contribution in [2.75, 3.05) is 0 Å². The minimum absolute atomic E-state index is 0.855. The first-order chi connectivity index (χ1) is 36.2. The van der Waals surface area contributed by atoms with Gasteiger partial charge in [-0.1, -0.05) is 158 Å². The molecule has 0 radical (unpaired) electrons. The summed E-state index contributed by atoms with van der Waals surface area (Å²) >= 11 is 0. The van der Waals surface area contributed by atoms with Crippen LogP contribution >= 0.6 is 0 Å². The number of hydrogen-bond donors (Lipinski definition) is 0. The Bertz CT molecular complexity index is 4980. The van der Waals surface area contributed by atoms with E-state index < -0.39 is 0 Å². The van der Waals surface area contributed by atoms with Gasteiger partial charge in [0.15, 0.2) is 0 Å². The van der Waals surface area contributed by atoms with Crippen molar-refractivity contribution in [1.29, 1.82) is 0 Å². The van der Waals surface area contributed by atoms with Crippen LogP contribution in [-0.4, -0.2) is 23.7 Å². The summed E-state index contributed by atoms with van der Waals surface area (Å²) in [6.45, 7) is 0. The average Bonchev–Trinajstić information content (AvgIpc) is 4.09. The molecule has 16 rings (SSSR count). The molecule has 0 saturated carbocycles. The minimum atomic E-state index is 0.855. The van der Waals surface area contributed by atoms with Crippen LogP contribution in [0.2, 0.25) is 0 Å². The van der Waals surface area contributed by atoms with Gasteiger partial charge in [0.25, 0.3) is 0 Å². The molecule has 16 aromatic rings. The third-order valence-electron chi connectivity index (χ3n) is 15.3. The van der Waals surface area contributed by atoms with Gasteiger partial charge in [-0.3, -0.25) is 0 Å². The van der Waals surface area contributed by atoms with Crippen LogP contribution in [0.25, 0.3) is 148 Å². The van der Waals surface area contributed by atoms with Crippen LogP contribution in [0, 0.1) is 0 Å². The highest BCUT2D eigenvalue weighted by atomic mass is 15.0. The lowest BCUT2D eigenvalue weighted by atomic mass is 9.97. The number of benzene rings is 12. The zero-order valence-corrected chi connectivity index (χ0v) is 39.4. The topological polar surface area (TPSA) is 40.6 Å². The minimum Gasteiger partial charge on any atom is -0.309 e. The van der Waals surface area contributed by atoms with E-state index in [1.165, 1.54) is 75.9 Å². The summed E-state index contributed by atoms with van der Waals surface area (Å²) in [4.78, 5) is 10.9. The van der Waals surface area contributed by atoms with Crippen molar-refractivity contribution in [2.24, 2.45) is 0 Å². The van der Waals surface area contributed by atoms with Gasteiger partial charge in [0.1, 0.15) is 0 Å². The van der Waals surface area contributed by atoms with E-state index in [-0.39, 0.29) is 0 Å². The van der Waals surface area contributed by atoms with Crippen molar-refractivity contribution >= 4 is 109 Å². The molecule has 0 N–H and O–H groups in total. The van der Waals surface area contributed by atoms with E-state index in [4.69, 9.17) is 9.97 Å². The quantitative estimate of drug-likeness (QED) is 0.173. The maximum absolute atomic E-state index is 5.47. The number of aromatic nitrogens is 5. The first kappa shape index (κ1) is 39.9. The lowest BCUT2D eigenvalue weighted by Gasteiger charge is -2.15. The highest BCUT2D eigenvalue weighted by molar-refractivity contribution is 6.22. The van der Waals surface area contributed by atoms with Crippen molar-refractivity contribution in [1.82, 2.24) is 23.7 Å². The maximum Gasteiger partial charge on any atom is 0.0979 e. The van der Waals surface area contributed by atoms with Gasteiger partial charge in [-0.2, -0.15) is 0 Å². The van der Waals surface area contributed by atoms with Gasteiger partial charge in [-0.15, -0.1) is 0 Å². The molecule has 73 heavy (non-hydrogen) atoms. The molecule has 0 aliphatic rings. The van der Waals surface area contributed by atoms with E-state index in [0.717, 1.165) is 72.4 Å². The van der Waals surface area contributed by atoms with E-state index in [2.05, 4.69) is 250 Å². The number of hydrogen-bond acceptors (Lipinski definition) is 2. The van der Waals surface area contributed by atoms with E-state index >= 15 is 0 Å². The fourth-order valence-corrected chi connectivity index (χ4v) is 12.1. The number of para-hydroxylation sites is 5. The molecule has 0 aliphatic heterocycles. The molecule has 0 unspecified atom stereocenters. The van der Waals surface area contributed by atoms with Crippen LogP contribution < -0.4 is 0 Å². The summed E-state index contributed by atoms with van der Waals surface area (Å²) in [5.41, 5.74) is 15.9. The molecule has 0 atom stereocenters. The molecule has 4 heterocycles. The molecular weight excluding hydrogens is 887 g/mol. The standard InChI is InChI=1S/C68H41N5/c1-2-19-47(20-3-1)71-60-27-12-8-22-52(60)56-39-46(30-35-62(56)71)67-68(70-59-26-11-10-25-58(59)69-67)54-24-14-18-45-37-48(31-33-50(45)54)73-64-40-44-17-5-4-16-43(44)38-57(64)53-34-32-49(41-65(53)73)72-61-28-13-9-23-55(61)66-51-21-7-6-15-42(51)29-36-63(66)72/h1-41H. The second-order valence-electron chi connectivity index (χ2n) is 19.3. The monoisotopic (exact) mass is 927 g/mol. The van der Waals surface area contributed by atoms with E-state index in [0.29, 0.717) is 0 Å². The highest BCUT2D eigenvalue weighted by Crippen LogP contribution is 2.43. The molecule has 0 aliphatic carbocycles. The van der Waals surface area contributed by atoms with Crippen LogP contribution in [0.4, 0.5) is 0 Å². The van der Waals surface area contributed by atoms with Gasteiger partial charge >= 0.3 is 0 Å². The van der Waals surface area contributed by atoms with E-state index in [1.807, 2.05) is 12.1 Å². The van der Waals surface area contributed by atoms with Crippen LogP contribution in [0.15, 0.2) is 249 Å². The first-order valence-corrected chi connectivity index (χ1v) is 25.0. The van der Waals surface area contributed by atoms with E-state index in [1.54, 1.807) is 0 Å². The molecule has 12 aromatic carbocycles. The lowest BCUT2D eigenvalue weighted by molar-refractivity contribution is 1.16. The summed E-state index contributed by atoms with van der Waals surface area (Å²) < 4.78 is 7.28. The Morgan fingerprint density at radius 2 is 0.795 bits per heavy atom. The molecule has 0 saturated heterocycles. The summed E-state index contributed by atoms with van der Waals surface area (Å²) in [5, 5.41) is 14.5. The fourth-order valence-electron chi connectivity index (χ4n) is 12.1. The molecular formula is C68H41N5. The van der Waals surface area contributed by atoms with Gasteiger partial charge in [0.2, 0.25) is 0 Å². The third kappa shape index (κ3) is 5.91. The molecule has 0 fully saturated rings. The van der Waals surface area contributed by atoms with Crippen molar-refractivity contribution < 1.29 is 0 Å². The number of fused-ring (bicyclic) bond motifs is 14. The maximum atomic E-state index is 5.47. The second kappa shape index (κ2) is 15.3. The molecule has 338 valence electrons. The fraction of sp³-hybridized carbons (Fsp3) is 0. The van der Waals surface area contributed by atoms with E-state index in [9.17, 15) is 0 Å². The predicted octanol–water partition coefficient (Wildman–Crippen LogP) is 17.7.